The first-order valence-electron chi connectivity index (χ1n) is 8.52. The zero-order valence-electron chi connectivity index (χ0n) is 15.2. The highest BCUT2D eigenvalue weighted by Gasteiger charge is 2.19. The molecule has 0 aliphatic heterocycles. The number of benzene rings is 2. The van der Waals surface area contributed by atoms with E-state index in [1.54, 1.807) is 36.4 Å². The molecular weight excluding hydrogens is 366 g/mol. The van der Waals surface area contributed by atoms with Crippen LogP contribution in [0.25, 0.3) is 0 Å². The molecule has 0 bridgehead atoms. The Hall–Kier alpha value is -2.70. The number of halogens is 1. The van der Waals surface area contributed by atoms with Crippen LogP contribution in [0.2, 0.25) is 5.02 Å². The van der Waals surface area contributed by atoms with Gasteiger partial charge >= 0.3 is 0 Å². The van der Waals surface area contributed by atoms with Crippen molar-refractivity contribution in [3.63, 3.8) is 0 Å². The van der Waals surface area contributed by atoms with E-state index in [4.69, 9.17) is 17.3 Å². The van der Waals surface area contributed by atoms with Gasteiger partial charge in [-0.2, -0.15) is 0 Å². The Bertz CT molecular complexity index is 838. The predicted molar refractivity (Wildman–Crippen MR) is 106 cm³/mol. The van der Waals surface area contributed by atoms with Crippen LogP contribution >= 0.6 is 11.6 Å². The lowest BCUT2D eigenvalue weighted by Crippen LogP contribution is -2.46. The fraction of sp³-hybridized carbons (Fsp3) is 0.250. The Morgan fingerprint density at radius 1 is 1.07 bits per heavy atom. The normalized spacial score (nSPS) is 11.7. The van der Waals surface area contributed by atoms with Crippen LogP contribution in [0.15, 0.2) is 48.5 Å². The standard InChI is InChI=1S/C20H22ClN3O3/c1-12(2)18(22)20(27)23-11-17(25)24-16-9-8-14(21)10-15(16)19(26)13-6-4-3-5-7-13/h3-10,12,18H,11,22H2,1-2H3,(H,23,27)(H,24,25). The zero-order valence-corrected chi connectivity index (χ0v) is 15.9. The number of rotatable bonds is 7. The monoisotopic (exact) mass is 387 g/mol. The Labute approximate surface area is 163 Å². The number of nitrogens with two attached hydrogens (primary N) is 1. The Morgan fingerprint density at radius 2 is 1.74 bits per heavy atom. The summed E-state index contributed by atoms with van der Waals surface area (Å²) < 4.78 is 0. The molecule has 0 radical (unpaired) electrons. The molecule has 0 saturated carbocycles. The molecular formula is C20H22ClN3O3. The van der Waals surface area contributed by atoms with E-state index in [2.05, 4.69) is 10.6 Å². The molecule has 2 aromatic rings. The van der Waals surface area contributed by atoms with Gasteiger partial charge in [0.05, 0.1) is 18.3 Å². The molecule has 1 unspecified atom stereocenters. The molecule has 2 aromatic carbocycles. The van der Waals surface area contributed by atoms with Crippen molar-refractivity contribution < 1.29 is 14.4 Å². The van der Waals surface area contributed by atoms with Crippen molar-refractivity contribution in [3.8, 4) is 0 Å². The van der Waals surface area contributed by atoms with Gasteiger partial charge in [-0.1, -0.05) is 55.8 Å². The van der Waals surface area contributed by atoms with Gasteiger partial charge in [-0.3, -0.25) is 14.4 Å². The van der Waals surface area contributed by atoms with E-state index in [9.17, 15) is 14.4 Å². The number of carbonyl (C=O) groups excluding carboxylic acids is 3. The smallest absolute Gasteiger partial charge is 0.243 e. The predicted octanol–water partition coefficient (Wildman–Crippen LogP) is 2.61. The van der Waals surface area contributed by atoms with Gasteiger partial charge in [0.25, 0.3) is 0 Å². The van der Waals surface area contributed by atoms with Crippen LogP contribution < -0.4 is 16.4 Å². The number of nitrogens with one attached hydrogen (secondary N) is 2. The highest BCUT2D eigenvalue weighted by atomic mass is 35.5. The van der Waals surface area contributed by atoms with Crippen LogP contribution in [0.3, 0.4) is 0 Å². The Morgan fingerprint density at radius 3 is 2.37 bits per heavy atom. The van der Waals surface area contributed by atoms with Crippen LogP contribution in [0, 0.1) is 5.92 Å². The molecule has 0 aliphatic carbocycles. The second-order valence-electron chi connectivity index (χ2n) is 6.42. The average Bonchev–Trinajstić information content (AvgIpc) is 2.66. The number of anilines is 1. The number of amides is 2. The van der Waals surface area contributed by atoms with E-state index in [1.165, 1.54) is 6.07 Å². The molecule has 7 heteroatoms. The third kappa shape index (κ3) is 5.64. The fourth-order valence-electron chi connectivity index (χ4n) is 2.34. The van der Waals surface area contributed by atoms with Crippen molar-refractivity contribution in [1.29, 1.82) is 0 Å². The molecule has 2 amide bonds. The average molecular weight is 388 g/mol. The van der Waals surface area contributed by atoms with Crippen molar-refractivity contribution in [1.82, 2.24) is 5.32 Å². The van der Waals surface area contributed by atoms with Crippen LogP contribution in [0.4, 0.5) is 5.69 Å². The number of hydrogen-bond acceptors (Lipinski definition) is 4. The third-order valence-electron chi connectivity index (χ3n) is 3.98. The van der Waals surface area contributed by atoms with Gasteiger partial charge in [-0.05, 0) is 24.1 Å². The van der Waals surface area contributed by atoms with E-state index in [1.807, 2.05) is 19.9 Å². The Balaban J connectivity index is 2.11. The summed E-state index contributed by atoms with van der Waals surface area (Å²) in [7, 11) is 0. The fourth-order valence-corrected chi connectivity index (χ4v) is 2.51. The van der Waals surface area contributed by atoms with Crippen molar-refractivity contribution in [2.45, 2.75) is 19.9 Å². The molecule has 0 saturated heterocycles. The summed E-state index contributed by atoms with van der Waals surface area (Å²) in [4.78, 5) is 36.8. The van der Waals surface area contributed by atoms with E-state index < -0.39 is 17.9 Å². The van der Waals surface area contributed by atoms with Crippen LogP contribution in [-0.2, 0) is 9.59 Å². The largest absolute Gasteiger partial charge is 0.346 e. The van der Waals surface area contributed by atoms with Gasteiger partial charge in [-0.25, -0.2) is 0 Å². The Kier molecular flexibility index (Phi) is 7.10. The van der Waals surface area contributed by atoms with Crippen molar-refractivity contribution >= 4 is 34.9 Å². The van der Waals surface area contributed by atoms with Crippen molar-refractivity contribution in [3.05, 3.63) is 64.7 Å². The summed E-state index contributed by atoms with van der Waals surface area (Å²) in [5, 5.41) is 5.50. The topological polar surface area (TPSA) is 101 Å². The summed E-state index contributed by atoms with van der Waals surface area (Å²) in [6.07, 6.45) is 0. The maximum absolute atomic E-state index is 12.7. The summed E-state index contributed by atoms with van der Waals surface area (Å²) in [6, 6.07) is 12.6. The number of carbonyl (C=O) groups is 3. The van der Waals surface area contributed by atoms with Gasteiger partial charge in [-0.15, -0.1) is 0 Å². The lowest BCUT2D eigenvalue weighted by Gasteiger charge is -2.15. The highest BCUT2D eigenvalue weighted by Crippen LogP contribution is 2.23. The molecule has 27 heavy (non-hydrogen) atoms. The molecule has 2 rings (SSSR count). The van der Waals surface area contributed by atoms with E-state index in [-0.39, 0.29) is 23.8 Å². The first-order valence-corrected chi connectivity index (χ1v) is 8.90. The van der Waals surface area contributed by atoms with Crippen molar-refractivity contribution in [2.75, 3.05) is 11.9 Å². The van der Waals surface area contributed by atoms with Gasteiger partial charge in [0.15, 0.2) is 5.78 Å². The summed E-state index contributed by atoms with van der Waals surface area (Å²) in [5.41, 5.74) is 6.81. The van der Waals surface area contributed by atoms with E-state index >= 15 is 0 Å². The molecule has 4 N–H and O–H groups in total. The second-order valence-corrected chi connectivity index (χ2v) is 6.86. The van der Waals surface area contributed by atoms with Crippen LogP contribution in [-0.4, -0.2) is 30.2 Å². The van der Waals surface area contributed by atoms with Gasteiger partial charge < -0.3 is 16.4 Å². The summed E-state index contributed by atoms with van der Waals surface area (Å²) >= 11 is 6.02. The van der Waals surface area contributed by atoms with Gasteiger partial charge in [0.1, 0.15) is 0 Å². The van der Waals surface area contributed by atoms with E-state index in [0.717, 1.165) is 0 Å². The molecule has 0 spiro atoms. The first-order chi connectivity index (χ1) is 12.8. The number of ketones is 1. The number of hydrogen-bond donors (Lipinski definition) is 3. The minimum atomic E-state index is -0.691. The molecule has 0 aromatic heterocycles. The minimum Gasteiger partial charge on any atom is -0.346 e. The SMILES string of the molecule is CC(C)C(N)C(=O)NCC(=O)Nc1ccc(Cl)cc1C(=O)c1ccccc1. The molecule has 0 fully saturated rings. The van der Waals surface area contributed by atoms with Crippen LogP contribution in [0.1, 0.15) is 29.8 Å². The zero-order chi connectivity index (χ0) is 20.0. The van der Waals surface area contributed by atoms with Gasteiger partial charge in [0.2, 0.25) is 11.8 Å². The van der Waals surface area contributed by atoms with Crippen molar-refractivity contribution in [2.24, 2.45) is 11.7 Å². The highest BCUT2D eigenvalue weighted by molar-refractivity contribution is 6.31. The second kappa shape index (κ2) is 9.30. The van der Waals surface area contributed by atoms with Gasteiger partial charge in [0, 0.05) is 16.1 Å². The van der Waals surface area contributed by atoms with Crippen LogP contribution in [0.5, 0.6) is 0 Å². The lowest BCUT2D eigenvalue weighted by molar-refractivity contribution is -0.125. The van der Waals surface area contributed by atoms with E-state index in [0.29, 0.717) is 16.3 Å². The molecule has 0 aliphatic rings. The molecule has 142 valence electrons. The summed E-state index contributed by atoms with van der Waals surface area (Å²) in [5.74, 6) is -1.18. The molecule has 0 heterocycles. The lowest BCUT2D eigenvalue weighted by atomic mass is 10.0. The molecule has 6 nitrogen and oxygen atoms in total. The molecule has 1 atom stereocenters. The minimum absolute atomic E-state index is 0.0422. The maximum atomic E-state index is 12.7. The summed E-state index contributed by atoms with van der Waals surface area (Å²) in [6.45, 7) is 3.39. The quantitative estimate of drug-likeness (QED) is 0.635. The first kappa shape index (κ1) is 20.6. The maximum Gasteiger partial charge on any atom is 0.243 e. The third-order valence-corrected chi connectivity index (χ3v) is 4.22.